The van der Waals surface area contributed by atoms with E-state index in [1.165, 1.54) is 0 Å². The fourth-order valence-corrected chi connectivity index (χ4v) is 2.91. The van der Waals surface area contributed by atoms with Gasteiger partial charge in [0.25, 0.3) is 0 Å². The summed E-state index contributed by atoms with van der Waals surface area (Å²) in [6.07, 6.45) is 0. The zero-order chi connectivity index (χ0) is 16.7. The standard InChI is InChI=1S/C18H28N2O3/c1-18(2,16-6-4-3-5-7-16)17(22)20-10-8-19(9-11-20)12-14-23-15-13-21/h3-7,21H,8-15H2,1-2H3. The Morgan fingerprint density at radius 2 is 1.78 bits per heavy atom. The molecule has 0 aromatic heterocycles. The number of nitrogens with zero attached hydrogens (tertiary/aromatic N) is 2. The lowest BCUT2D eigenvalue weighted by molar-refractivity contribution is -0.138. The maximum Gasteiger partial charge on any atom is 0.232 e. The lowest BCUT2D eigenvalue weighted by Crippen LogP contribution is -2.53. The zero-order valence-electron chi connectivity index (χ0n) is 14.2. The van der Waals surface area contributed by atoms with Gasteiger partial charge in [-0.05, 0) is 19.4 Å². The van der Waals surface area contributed by atoms with E-state index in [4.69, 9.17) is 9.84 Å². The zero-order valence-corrected chi connectivity index (χ0v) is 14.2. The molecule has 1 fully saturated rings. The van der Waals surface area contributed by atoms with Crippen LogP contribution in [0.15, 0.2) is 30.3 Å². The second-order valence-corrected chi connectivity index (χ2v) is 6.46. The van der Waals surface area contributed by atoms with Crippen molar-refractivity contribution in [3.63, 3.8) is 0 Å². The molecule has 0 radical (unpaired) electrons. The molecule has 5 nitrogen and oxygen atoms in total. The summed E-state index contributed by atoms with van der Waals surface area (Å²) in [5.74, 6) is 0.194. The summed E-state index contributed by atoms with van der Waals surface area (Å²) in [5, 5.41) is 8.69. The molecule has 0 aliphatic carbocycles. The maximum absolute atomic E-state index is 12.9. The number of rotatable bonds is 7. The summed E-state index contributed by atoms with van der Waals surface area (Å²) in [4.78, 5) is 17.2. The van der Waals surface area contributed by atoms with Crippen molar-refractivity contribution in [2.75, 3.05) is 52.5 Å². The fourth-order valence-electron chi connectivity index (χ4n) is 2.91. The SMILES string of the molecule is CC(C)(C(=O)N1CCN(CCOCCO)CC1)c1ccccc1. The van der Waals surface area contributed by atoms with Crippen LogP contribution >= 0.6 is 0 Å². The van der Waals surface area contributed by atoms with Gasteiger partial charge in [-0.2, -0.15) is 0 Å². The molecular formula is C18H28N2O3. The molecule has 0 unspecified atom stereocenters. The second kappa shape index (κ2) is 8.43. The number of amides is 1. The van der Waals surface area contributed by atoms with Gasteiger partial charge in [0.05, 0.1) is 25.2 Å². The van der Waals surface area contributed by atoms with Crippen molar-refractivity contribution in [3.05, 3.63) is 35.9 Å². The van der Waals surface area contributed by atoms with E-state index in [9.17, 15) is 4.79 Å². The van der Waals surface area contributed by atoms with Crippen LogP contribution in [0, 0.1) is 0 Å². The van der Waals surface area contributed by atoms with Gasteiger partial charge in [-0.3, -0.25) is 9.69 Å². The van der Waals surface area contributed by atoms with E-state index in [1.807, 2.05) is 49.1 Å². The van der Waals surface area contributed by atoms with Crippen LogP contribution in [-0.4, -0.2) is 73.4 Å². The molecule has 0 saturated carbocycles. The Balaban J connectivity index is 1.84. The van der Waals surface area contributed by atoms with E-state index < -0.39 is 5.41 Å². The summed E-state index contributed by atoms with van der Waals surface area (Å²) >= 11 is 0. The number of carbonyl (C=O) groups excluding carboxylic acids is 1. The third kappa shape index (κ3) is 4.77. The predicted molar refractivity (Wildman–Crippen MR) is 90.4 cm³/mol. The maximum atomic E-state index is 12.9. The van der Waals surface area contributed by atoms with Crippen LogP contribution in [0.25, 0.3) is 0 Å². The lowest BCUT2D eigenvalue weighted by atomic mass is 9.83. The first-order valence-electron chi connectivity index (χ1n) is 8.31. The molecule has 1 aliphatic rings. The van der Waals surface area contributed by atoms with Crippen LogP contribution in [-0.2, 0) is 14.9 Å². The highest BCUT2D eigenvalue weighted by Crippen LogP contribution is 2.26. The van der Waals surface area contributed by atoms with Gasteiger partial charge < -0.3 is 14.7 Å². The van der Waals surface area contributed by atoms with Crippen molar-refractivity contribution >= 4 is 5.91 Å². The Labute approximate surface area is 138 Å². The molecule has 1 amide bonds. The number of ether oxygens (including phenoxy) is 1. The normalized spacial score (nSPS) is 16.6. The van der Waals surface area contributed by atoms with Crippen LogP contribution < -0.4 is 0 Å². The largest absolute Gasteiger partial charge is 0.394 e. The molecule has 1 aliphatic heterocycles. The summed E-state index contributed by atoms with van der Waals surface area (Å²) in [6.45, 7) is 9.20. The highest BCUT2D eigenvalue weighted by atomic mass is 16.5. The molecule has 1 heterocycles. The Bertz CT molecular complexity index is 482. The first-order valence-corrected chi connectivity index (χ1v) is 8.31. The van der Waals surface area contributed by atoms with E-state index in [-0.39, 0.29) is 12.5 Å². The number of aliphatic hydroxyl groups excluding tert-OH is 1. The topological polar surface area (TPSA) is 53.0 Å². The van der Waals surface area contributed by atoms with Gasteiger partial charge in [-0.25, -0.2) is 0 Å². The van der Waals surface area contributed by atoms with Crippen molar-refractivity contribution < 1.29 is 14.6 Å². The first-order chi connectivity index (χ1) is 11.1. The minimum Gasteiger partial charge on any atom is -0.394 e. The molecule has 1 saturated heterocycles. The Morgan fingerprint density at radius 3 is 2.39 bits per heavy atom. The number of benzene rings is 1. The van der Waals surface area contributed by atoms with Gasteiger partial charge >= 0.3 is 0 Å². The summed E-state index contributed by atoms with van der Waals surface area (Å²) in [6, 6.07) is 9.98. The first kappa shape index (κ1) is 17.9. The molecule has 1 aromatic carbocycles. The lowest BCUT2D eigenvalue weighted by Gasteiger charge is -2.38. The van der Waals surface area contributed by atoms with E-state index in [0.29, 0.717) is 13.2 Å². The van der Waals surface area contributed by atoms with Crippen LogP contribution in [0.4, 0.5) is 0 Å². The van der Waals surface area contributed by atoms with Gasteiger partial charge in [0, 0.05) is 32.7 Å². The van der Waals surface area contributed by atoms with Crippen molar-refractivity contribution in [2.45, 2.75) is 19.3 Å². The Morgan fingerprint density at radius 1 is 1.13 bits per heavy atom. The molecule has 0 spiro atoms. The van der Waals surface area contributed by atoms with Gasteiger partial charge in [0.1, 0.15) is 0 Å². The third-order valence-corrected chi connectivity index (χ3v) is 4.48. The molecule has 1 N–H and O–H groups in total. The number of hydrogen-bond acceptors (Lipinski definition) is 4. The van der Waals surface area contributed by atoms with Crippen molar-refractivity contribution in [2.24, 2.45) is 0 Å². The quantitative estimate of drug-likeness (QED) is 0.765. The smallest absolute Gasteiger partial charge is 0.232 e. The summed E-state index contributed by atoms with van der Waals surface area (Å²) in [7, 11) is 0. The monoisotopic (exact) mass is 320 g/mol. The van der Waals surface area contributed by atoms with Crippen LogP contribution in [0.2, 0.25) is 0 Å². The van der Waals surface area contributed by atoms with Crippen LogP contribution in [0.3, 0.4) is 0 Å². The number of hydrogen-bond donors (Lipinski definition) is 1. The molecule has 2 rings (SSSR count). The summed E-state index contributed by atoms with van der Waals surface area (Å²) < 4.78 is 5.30. The molecule has 23 heavy (non-hydrogen) atoms. The number of aliphatic hydroxyl groups is 1. The van der Waals surface area contributed by atoms with E-state index in [2.05, 4.69) is 4.90 Å². The second-order valence-electron chi connectivity index (χ2n) is 6.46. The average Bonchev–Trinajstić information content (AvgIpc) is 2.59. The van der Waals surface area contributed by atoms with Crippen LogP contribution in [0.5, 0.6) is 0 Å². The minimum atomic E-state index is -0.492. The van der Waals surface area contributed by atoms with Gasteiger partial charge in [0.15, 0.2) is 0 Å². The number of piperazine rings is 1. The molecule has 0 atom stereocenters. The molecule has 0 bridgehead atoms. The van der Waals surface area contributed by atoms with Gasteiger partial charge in [0.2, 0.25) is 5.91 Å². The van der Waals surface area contributed by atoms with E-state index >= 15 is 0 Å². The molecular weight excluding hydrogens is 292 g/mol. The van der Waals surface area contributed by atoms with Gasteiger partial charge in [-0.15, -0.1) is 0 Å². The van der Waals surface area contributed by atoms with Crippen molar-refractivity contribution in [3.8, 4) is 0 Å². The fraction of sp³-hybridized carbons (Fsp3) is 0.611. The Kier molecular flexibility index (Phi) is 6.57. The molecule has 128 valence electrons. The molecule has 5 heteroatoms. The van der Waals surface area contributed by atoms with Crippen molar-refractivity contribution in [1.82, 2.24) is 9.80 Å². The molecule has 1 aromatic rings. The average molecular weight is 320 g/mol. The van der Waals surface area contributed by atoms with Crippen LogP contribution in [0.1, 0.15) is 19.4 Å². The number of carbonyl (C=O) groups is 1. The predicted octanol–water partition coefficient (Wildman–Crippen LogP) is 1.12. The highest BCUT2D eigenvalue weighted by molar-refractivity contribution is 5.87. The highest BCUT2D eigenvalue weighted by Gasteiger charge is 2.34. The van der Waals surface area contributed by atoms with E-state index in [1.54, 1.807) is 0 Å². The van der Waals surface area contributed by atoms with Gasteiger partial charge in [-0.1, -0.05) is 30.3 Å². The minimum absolute atomic E-state index is 0.0663. The van der Waals surface area contributed by atoms with E-state index in [0.717, 1.165) is 38.3 Å². The summed E-state index contributed by atoms with van der Waals surface area (Å²) in [5.41, 5.74) is 0.568. The third-order valence-electron chi connectivity index (χ3n) is 4.48. The van der Waals surface area contributed by atoms with Crippen molar-refractivity contribution in [1.29, 1.82) is 0 Å². The Hall–Kier alpha value is -1.43.